The number of anilines is 3. The Kier molecular flexibility index (Phi) is 4.47. The first-order chi connectivity index (χ1) is 13.2. The molecule has 0 aromatic carbocycles. The van der Waals surface area contributed by atoms with Gasteiger partial charge in [-0.1, -0.05) is 0 Å². The maximum Gasteiger partial charge on any atom is 0.328 e. The molecule has 0 radical (unpaired) electrons. The minimum Gasteiger partial charge on any atom is -0.480 e. The third kappa shape index (κ3) is 3.22. The topological polar surface area (TPSA) is 115 Å². The summed E-state index contributed by atoms with van der Waals surface area (Å²) in [5.74, 6) is 0.960. The van der Waals surface area contributed by atoms with E-state index in [1.165, 1.54) is 10.9 Å². The molecular weight excluding hydrogens is 350 g/mol. The first-order valence-electron chi connectivity index (χ1n) is 8.41. The van der Waals surface area contributed by atoms with Crippen molar-refractivity contribution in [1.29, 1.82) is 0 Å². The highest BCUT2D eigenvalue weighted by atomic mass is 16.5. The lowest BCUT2D eigenvalue weighted by Crippen LogP contribution is -2.31. The Labute approximate surface area is 154 Å². The number of nitrogens with zero attached hydrogens (tertiary/aromatic N) is 4. The minimum atomic E-state index is -0.317. The fourth-order valence-corrected chi connectivity index (χ4v) is 2.86. The molecule has 3 N–H and O–H groups in total. The van der Waals surface area contributed by atoms with Crippen LogP contribution < -0.4 is 20.7 Å². The van der Waals surface area contributed by atoms with E-state index in [1.54, 1.807) is 20.4 Å². The lowest BCUT2D eigenvalue weighted by molar-refractivity contribution is 0.123. The van der Waals surface area contributed by atoms with Crippen LogP contribution in [0.4, 0.5) is 22.0 Å². The van der Waals surface area contributed by atoms with E-state index in [4.69, 9.17) is 9.47 Å². The summed E-state index contributed by atoms with van der Waals surface area (Å²) in [5.41, 5.74) is 3.30. The van der Waals surface area contributed by atoms with Crippen molar-refractivity contribution in [3.63, 3.8) is 0 Å². The molecule has 1 aliphatic rings. The van der Waals surface area contributed by atoms with E-state index in [1.807, 2.05) is 12.1 Å². The van der Waals surface area contributed by atoms with Crippen molar-refractivity contribution in [2.45, 2.75) is 6.61 Å². The summed E-state index contributed by atoms with van der Waals surface area (Å²) >= 11 is 0. The van der Waals surface area contributed by atoms with Gasteiger partial charge in [-0.15, -0.1) is 0 Å². The SMILES string of the molecule is CNc1cc2nc3c1ncn3C(=O)NCCOCc1cnc(OC)c(c1)N2. The second-order valence-electron chi connectivity index (χ2n) is 5.90. The number of fused-ring (bicyclic) bond motifs is 3. The van der Waals surface area contributed by atoms with E-state index in [-0.39, 0.29) is 6.03 Å². The molecule has 1 aliphatic heterocycles. The maximum atomic E-state index is 12.5. The van der Waals surface area contributed by atoms with Crippen molar-refractivity contribution >= 4 is 34.4 Å². The summed E-state index contributed by atoms with van der Waals surface area (Å²) in [5, 5.41) is 9.10. The molecular formula is C17H19N7O3. The average molecular weight is 369 g/mol. The minimum absolute atomic E-state index is 0.317. The van der Waals surface area contributed by atoms with Crippen molar-refractivity contribution < 1.29 is 14.3 Å². The van der Waals surface area contributed by atoms with Crippen LogP contribution in [0.15, 0.2) is 24.7 Å². The summed E-state index contributed by atoms with van der Waals surface area (Å²) in [6.45, 7) is 1.10. The molecule has 4 bridgehead atoms. The number of methoxy groups -OCH3 is 1. The van der Waals surface area contributed by atoms with Gasteiger partial charge in [-0.05, 0) is 11.6 Å². The number of hydrogen-bond donors (Lipinski definition) is 3. The van der Waals surface area contributed by atoms with Crippen molar-refractivity contribution in [2.24, 2.45) is 0 Å². The van der Waals surface area contributed by atoms with Gasteiger partial charge in [0.15, 0.2) is 5.65 Å². The Morgan fingerprint density at radius 2 is 2.22 bits per heavy atom. The van der Waals surface area contributed by atoms with Gasteiger partial charge in [-0.2, -0.15) is 0 Å². The number of nitrogens with one attached hydrogen (secondary N) is 3. The third-order valence-electron chi connectivity index (χ3n) is 4.15. The predicted octanol–water partition coefficient (Wildman–Crippen LogP) is 1.71. The highest BCUT2D eigenvalue weighted by Crippen LogP contribution is 2.29. The summed E-state index contributed by atoms with van der Waals surface area (Å²) in [6.07, 6.45) is 3.15. The predicted molar refractivity (Wildman–Crippen MR) is 99.6 cm³/mol. The number of carbonyl (C=O) groups is 1. The number of aromatic nitrogens is 4. The Morgan fingerprint density at radius 3 is 3.04 bits per heavy atom. The Balaban J connectivity index is 1.87. The third-order valence-corrected chi connectivity index (χ3v) is 4.15. The van der Waals surface area contributed by atoms with Crippen LogP contribution >= 0.6 is 0 Å². The zero-order chi connectivity index (χ0) is 18.8. The number of ether oxygens (including phenoxy) is 2. The van der Waals surface area contributed by atoms with Gasteiger partial charge in [-0.25, -0.2) is 24.3 Å². The fraction of sp³-hybridized carbons (Fsp3) is 0.294. The van der Waals surface area contributed by atoms with Crippen LogP contribution in [0, 0.1) is 0 Å². The number of amides is 1. The second-order valence-corrected chi connectivity index (χ2v) is 5.90. The Morgan fingerprint density at radius 1 is 1.33 bits per heavy atom. The standard InChI is InChI=1S/C17H19N7O3/c1-18-11-6-13-22-12-5-10(7-20-16(12)26-2)8-27-4-3-19-17(25)24-9-21-14(11)15(24)23-13/h5-7,9H,3-4,8H2,1-2H3,(H,19,25)(H2,18,22,23). The molecule has 1 amide bonds. The first kappa shape index (κ1) is 17.0. The fourth-order valence-electron chi connectivity index (χ4n) is 2.86. The first-order valence-corrected chi connectivity index (χ1v) is 8.41. The highest BCUT2D eigenvalue weighted by Gasteiger charge is 2.17. The van der Waals surface area contributed by atoms with Crippen LogP contribution in [0.3, 0.4) is 0 Å². The van der Waals surface area contributed by atoms with Gasteiger partial charge in [-0.3, -0.25) is 0 Å². The van der Waals surface area contributed by atoms with Crippen molar-refractivity contribution in [3.05, 3.63) is 30.2 Å². The molecule has 3 aromatic rings. The summed E-state index contributed by atoms with van der Waals surface area (Å²) < 4.78 is 12.3. The van der Waals surface area contributed by atoms with Crippen LogP contribution in [0.25, 0.3) is 11.2 Å². The van der Waals surface area contributed by atoms with E-state index in [2.05, 4.69) is 30.9 Å². The van der Waals surface area contributed by atoms with Crippen LogP contribution in [0.5, 0.6) is 5.88 Å². The van der Waals surface area contributed by atoms with Crippen LogP contribution in [0.1, 0.15) is 5.56 Å². The van der Waals surface area contributed by atoms with Gasteiger partial charge < -0.3 is 25.4 Å². The van der Waals surface area contributed by atoms with Gasteiger partial charge in [0.25, 0.3) is 0 Å². The quantitative estimate of drug-likeness (QED) is 0.625. The zero-order valence-corrected chi connectivity index (χ0v) is 14.9. The van der Waals surface area contributed by atoms with E-state index >= 15 is 0 Å². The number of hydrogen-bond acceptors (Lipinski definition) is 8. The molecule has 10 heteroatoms. The number of carbonyl (C=O) groups excluding carboxylic acids is 1. The van der Waals surface area contributed by atoms with Gasteiger partial charge in [0, 0.05) is 25.9 Å². The molecule has 27 heavy (non-hydrogen) atoms. The number of rotatable bonds is 2. The van der Waals surface area contributed by atoms with E-state index < -0.39 is 0 Å². The molecule has 140 valence electrons. The largest absolute Gasteiger partial charge is 0.480 e. The molecule has 0 fully saturated rings. The van der Waals surface area contributed by atoms with Gasteiger partial charge in [0.05, 0.1) is 26.0 Å². The lowest BCUT2D eigenvalue weighted by Gasteiger charge is -2.14. The molecule has 0 saturated heterocycles. The summed E-state index contributed by atoms with van der Waals surface area (Å²) in [6, 6.07) is 3.40. The van der Waals surface area contributed by atoms with Crippen LogP contribution in [-0.2, 0) is 11.3 Å². The Hall–Kier alpha value is -3.40. The highest BCUT2D eigenvalue weighted by molar-refractivity contribution is 5.94. The van der Waals surface area contributed by atoms with Gasteiger partial charge in [0.2, 0.25) is 5.88 Å². The molecule has 10 nitrogen and oxygen atoms in total. The molecule has 4 rings (SSSR count). The van der Waals surface area contributed by atoms with E-state index in [9.17, 15) is 4.79 Å². The van der Waals surface area contributed by atoms with Crippen LogP contribution in [-0.4, -0.2) is 52.9 Å². The molecule has 0 aliphatic carbocycles. The number of imidazole rings is 1. The average Bonchev–Trinajstić information content (AvgIpc) is 3.10. The van der Waals surface area contributed by atoms with Gasteiger partial charge in [0.1, 0.15) is 23.3 Å². The normalized spacial score (nSPS) is 14.4. The van der Waals surface area contributed by atoms with E-state index in [0.717, 1.165) is 11.3 Å². The lowest BCUT2D eigenvalue weighted by atomic mass is 10.2. The molecule has 4 heterocycles. The number of pyridine rings is 2. The zero-order valence-electron chi connectivity index (χ0n) is 14.9. The van der Waals surface area contributed by atoms with E-state index in [0.29, 0.717) is 48.3 Å². The Bertz CT molecular complexity index is 1000. The maximum absolute atomic E-state index is 12.5. The smallest absolute Gasteiger partial charge is 0.328 e. The van der Waals surface area contributed by atoms with Gasteiger partial charge >= 0.3 is 6.03 Å². The van der Waals surface area contributed by atoms with Crippen molar-refractivity contribution in [1.82, 2.24) is 24.8 Å². The molecule has 3 aromatic heterocycles. The summed E-state index contributed by atoms with van der Waals surface area (Å²) in [4.78, 5) is 25.7. The summed E-state index contributed by atoms with van der Waals surface area (Å²) in [7, 11) is 3.34. The second kappa shape index (κ2) is 7.08. The molecule has 0 spiro atoms. The molecule has 0 atom stereocenters. The van der Waals surface area contributed by atoms with Crippen molar-refractivity contribution in [2.75, 3.05) is 37.9 Å². The monoisotopic (exact) mass is 369 g/mol. The van der Waals surface area contributed by atoms with Crippen molar-refractivity contribution in [3.8, 4) is 5.88 Å². The van der Waals surface area contributed by atoms with Crippen LogP contribution in [0.2, 0.25) is 0 Å². The molecule has 0 unspecified atom stereocenters. The molecule has 0 saturated carbocycles.